The van der Waals surface area contributed by atoms with Crippen LogP contribution in [0.4, 0.5) is 16.4 Å². The SMILES string of the molecule is CCCC[Si]1(C)O[SiH2]O[Si](F)(F)O[Si](F)(F)O1. The molecule has 0 saturated carbocycles. The predicted molar refractivity (Wildman–Crippen MR) is 60.2 cm³/mol. The van der Waals surface area contributed by atoms with Crippen molar-refractivity contribution in [3.05, 3.63) is 0 Å². The topological polar surface area (TPSA) is 36.9 Å². The molecule has 1 atom stereocenters. The minimum absolute atomic E-state index is 0.332. The molecule has 17 heavy (non-hydrogen) atoms. The second kappa shape index (κ2) is 5.60. The number of rotatable bonds is 3. The van der Waals surface area contributed by atoms with Crippen molar-refractivity contribution in [2.45, 2.75) is 32.4 Å². The van der Waals surface area contributed by atoms with Gasteiger partial charge in [-0.2, -0.15) is 0 Å². The standard InChI is InChI=1S/C5H14F4O4Si4/c1-3-4-5-15(2)10-14-11-16(6,7)13-17(8,9)12-15/h3-5,14H2,1-2H3. The van der Waals surface area contributed by atoms with Crippen molar-refractivity contribution < 1.29 is 32.9 Å². The van der Waals surface area contributed by atoms with Gasteiger partial charge >= 0.3 is 27.0 Å². The van der Waals surface area contributed by atoms with Crippen LogP contribution < -0.4 is 0 Å². The first-order chi connectivity index (χ1) is 7.68. The van der Waals surface area contributed by atoms with Crippen LogP contribution in [0.3, 0.4) is 0 Å². The fourth-order valence-corrected chi connectivity index (χ4v) is 10.8. The molecule has 102 valence electrons. The fourth-order valence-electron chi connectivity index (χ4n) is 1.31. The molecule has 1 rings (SSSR count). The van der Waals surface area contributed by atoms with Gasteiger partial charge in [0.25, 0.3) is 10.0 Å². The van der Waals surface area contributed by atoms with Gasteiger partial charge in [-0.05, 0) is 12.6 Å². The monoisotopic (exact) mass is 326 g/mol. The first-order valence-corrected chi connectivity index (χ1v) is 11.9. The molecule has 0 aromatic heterocycles. The Morgan fingerprint density at radius 1 is 1.00 bits per heavy atom. The van der Waals surface area contributed by atoms with Crippen LogP contribution in [0.5, 0.6) is 0 Å². The molecule has 0 amide bonds. The Kier molecular flexibility index (Phi) is 5.10. The molecular weight excluding hydrogens is 312 g/mol. The van der Waals surface area contributed by atoms with E-state index in [1.165, 1.54) is 6.55 Å². The van der Waals surface area contributed by atoms with Gasteiger partial charge in [-0.1, -0.05) is 19.8 Å². The Bertz CT molecular complexity index is 270. The number of unbranched alkanes of at least 4 members (excludes halogenated alkanes) is 1. The molecule has 1 aliphatic rings. The summed E-state index contributed by atoms with van der Waals surface area (Å²) >= 11 is 0. The van der Waals surface area contributed by atoms with E-state index in [0.29, 0.717) is 12.5 Å². The maximum Gasteiger partial charge on any atom is 0.746 e. The Hall–Kier alpha value is 0.428. The molecule has 1 aliphatic heterocycles. The van der Waals surface area contributed by atoms with E-state index >= 15 is 0 Å². The average Bonchev–Trinajstić information content (AvgIpc) is 2.09. The molecule has 12 heteroatoms. The zero-order chi connectivity index (χ0) is 13.2. The first-order valence-electron chi connectivity index (χ1n) is 5.12. The van der Waals surface area contributed by atoms with Gasteiger partial charge in [-0.3, -0.25) is 0 Å². The molecule has 0 aromatic carbocycles. The van der Waals surface area contributed by atoms with Gasteiger partial charge in [-0.25, -0.2) is 16.4 Å². The molecule has 0 radical (unpaired) electrons. The fraction of sp³-hybridized carbons (Fsp3) is 1.00. The Balaban J connectivity index is 2.72. The normalized spacial score (nSPS) is 34.2. The summed E-state index contributed by atoms with van der Waals surface area (Å²) in [5.41, 5.74) is 0. The van der Waals surface area contributed by atoms with Crippen LogP contribution in [0.1, 0.15) is 19.8 Å². The van der Waals surface area contributed by atoms with Gasteiger partial charge in [0.1, 0.15) is 0 Å². The number of hydrogen-bond donors (Lipinski definition) is 0. The quantitative estimate of drug-likeness (QED) is 0.449. The van der Waals surface area contributed by atoms with E-state index in [1.807, 2.05) is 6.92 Å². The lowest BCUT2D eigenvalue weighted by Crippen LogP contribution is -2.57. The van der Waals surface area contributed by atoms with Crippen molar-refractivity contribution in [2.24, 2.45) is 0 Å². The molecule has 0 N–H and O–H groups in total. The minimum atomic E-state index is -5.85. The molecule has 0 spiro atoms. The third-order valence-electron chi connectivity index (χ3n) is 2.15. The Labute approximate surface area is 103 Å². The predicted octanol–water partition coefficient (Wildman–Crippen LogP) is 1.69. The van der Waals surface area contributed by atoms with Crippen LogP contribution in [0.15, 0.2) is 0 Å². The molecule has 1 saturated heterocycles. The maximum absolute atomic E-state index is 13.2. The summed E-state index contributed by atoms with van der Waals surface area (Å²) in [5, 5.41) is 0. The van der Waals surface area contributed by atoms with E-state index in [2.05, 4.69) is 12.3 Å². The van der Waals surface area contributed by atoms with Crippen molar-refractivity contribution in [1.82, 2.24) is 0 Å². The molecule has 1 unspecified atom stereocenters. The maximum atomic E-state index is 13.2. The van der Waals surface area contributed by atoms with Crippen LogP contribution in [0, 0.1) is 0 Å². The second-order valence-electron chi connectivity index (χ2n) is 3.77. The van der Waals surface area contributed by atoms with E-state index in [4.69, 9.17) is 4.12 Å². The van der Waals surface area contributed by atoms with Gasteiger partial charge in [0.15, 0.2) is 0 Å². The summed E-state index contributed by atoms with van der Waals surface area (Å²) in [6.07, 6.45) is 1.44. The van der Waals surface area contributed by atoms with Crippen LogP contribution in [-0.4, -0.2) is 37.0 Å². The van der Waals surface area contributed by atoms with Gasteiger partial charge in [0, 0.05) is 0 Å². The smallest absolute Gasteiger partial charge is 0.420 e. The van der Waals surface area contributed by atoms with Crippen LogP contribution >= 0.6 is 0 Å². The zero-order valence-electron chi connectivity index (χ0n) is 9.47. The highest BCUT2D eigenvalue weighted by Gasteiger charge is 2.62. The number of hydrogen-bond acceptors (Lipinski definition) is 4. The van der Waals surface area contributed by atoms with E-state index in [1.54, 1.807) is 0 Å². The molecule has 1 heterocycles. The molecule has 0 aromatic rings. The van der Waals surface area contributed by atoms with Crippen molar-refractivity contribution in [3.63, 3.8) is 0 Å². The largest absolute Gasteiger partial charge is 0.746 e. The highest BCUT2D eigenvalue weighted by molar-refractivity contribution is 6.81. The Morgan fingerprint density at radius 2 is 1.65 bits per heavy atom. The molecule has 1 fully saturated rings. The molecule has 0 aliphatic carbocycles. The lowest BCUT2D eigenvalue weighted by atomic mass is 10.4. The average molecular weight is 326 g/mol. The third-order valence-corrected chi connectivity index (χ3v) is 12.7. The first kappa shape index (κ1) is 15.5. The van der Waals surface area contributed by atoms with Crippen LogP contribution in [-0.2, 0) is 16.5 Å². The van der Waals surface area contributed by atoms with E-state index in [-0.39, 0.29) is 0 Å². The summed E-state index contributed by atoms with van der Waals surface area (Å²) in [7, 11) is -16.8. The molecular formula is C5H14F4O4Si4. The van der Waals surface area contributed by atoms with Gasteiger partial charge in [0.05, 0.1) is 0 Å². The second-order valence-corrected chi connectivity index (χ2v) is 12.6. The highest BCUT2D eigenvalue weighted by Crippen LogP contribution is 2.30. The van der Waals surface area contributed by atoms with Crippen molar-refractivity contribution >= 4 is 37.0 Å². The highest BCUT2D eigenvalue weighted by atomic mass is 28.6. The van der Waals surface area contributed by atoms with Gasteiger partial charge < -0.3 is 16.5 Å². The molecule has 4 nitrogen and oxygen atoms in total. The lowest BCUT2D eigenvalue weighted by Gasteiger charge is -2.33. The third kappa shape index (κ3) is 5.29. The van der Waals surface area contributed by atoms with Crippen molar-refractivity contribution in [1.29, 1.82) is 0 Å². The summed E-state index contributed by atoms with van der Waals surface area (Å²) < 4.78 is 69.2. The minimum Gasteiger partial charge on any atom is -0.420 e. The van der Waals surface area contributed by atoms with Gasteiger partial charge in [-0.15, -0.1) is 0 Å². The Morgan fingerprint density at radius 3 is 2.24 bits per heavy atom. The van der Waals surface area contributed by atoms with Crippen LogP contribution in [0.25, 0.3) is 0 Å². The summed E-state index contributed by atoms with van der Waals surface area (Å²) in [6.45, 7) is 3.33. The van der Waals surface area contributed by atoms with Crippen molar-refractivity contribution in [2.75, 3.05) is 0 Å². The van der Waals surface area contributed by atoms with Crippen molar-refractivity contribution in [3.8, 4) is 0 Å². The summed E-state index contributed by atoms with van der Waals surface area (Å²) in [4.78, 5) is 0. The van der Waals surface area contributed by atoms with E-state index in [0.717, 1.165) is 6.42 Å². The van der Waals surface area contributed by atoms with Crippen LogP contribution in [0.2, 0.25) is 12.6 Å². The summed E-state index contributed by atoms with van der Waals surface area (Å²) in [6, 6.07) is 0.332. The molecule has 0 bridgehead atoms. The van der Waals surface area contributed by atoms with Gasteiger partial charge in [0.2, 0.25) is 0 Å². The lowest BCUT2D eigenvalue weighted by molar-refractivity contribution is 0.121. The summed E-state index contributed by atoms with van der Waals surface area (Å²) in [5.74, 6) is 0. The van der Waals surface area contributed by atoms with E-state index < -0.39 is 37.0 Å². The zero-order valence-corrected chi connectivity index (χ0v) is 13.9. The van der Waals surface area contributed by atoms with E-state index in [9.17, 15) is 16.4 Å². The number of halogens is 4.